The van der Waals surface area contributed by atoms with E-state index in [1.807, 2.05) is 48.5 Å². The van der Waals surface area contributed by atoms with Crippen molar-refractivity contribution in [3.63, 3.8) is 0 Å². The highest BCUT2D eigenvalue weighted by Crippen LogP contribution is 2.42. The van der Waals surface area contributed by atoms with Crippen LogP contribution in [0.3, 0.4) is 0 Å². The maximum atomic E-state index is 12.9. The maximum absolute atomic E-state index is 12.9. The summed E-state index contributed by atoms with van der Waals surface area (Å²) in [6.07, 6.45) is 0.0379. The average Bonchev–Trinajstić information content (AvgIpc) is 3.11. The Labute approximate surface area is 310 Å². The first-order valence-electron chi connectivity index (χ1n) is 16.5. The number of carboxylic acids is 1. The molecule has 0 unspecified atom stereocenters. The Hall–Kier alpha value is -4.60. The number of amides is 1. The number of aliphatic carboxylic acids is 1. The lowest BCUT2D eigenvalue weighted by atomic mass is 9.98. The number of carbonyl (C=O) groups excluding carboxylic acids is 1. The molecule has 0 radical (unpaired) electrons. The Morgan fingerprint density at radius 3 is 1.71 bits per heavy atom. The first-order valence-corrected chi connectivity index (χ1v) is 19.1. The molecule has 264 valence electrons. The normalized spacial score (nSPS) is 12.2. The van der Waals surface area contributed by atoms with Gasteiger partial charge in [0.2, 0.25) is 0 Å². The van der Waals surface area contributed by atoms with Gasteiger partial charge in [-0.1, -0.05) is 135 Å². The molecule has 0 saturated heterocycles. The zero-order valence-electron chi connectivity index (χ0n) is 29.2. The Morgan fingerprint density at radius 2 is 1.25 bits per heavy atom. The van der Waals surface area contributed by atoms with E-state index in [-0.39, 0.29) is 27.1 Å². The molecule has 0 saturated carbocycles. The SMILES string of the molecule is COc1cc(CO[Si](c2ccccc2)(c2ccccc2)C(C)(C)C)cc(OC)c1-c1ccc(C[C@H](NC(=O)c2c(Cl)cccc2Cl)C(=O)O)cc1. The molecule has 51 heavy (non-hydrogen) atoms. The van der Waals surface area contributed by atoms with Crippen molar-refractivity contribution < 1.29 is 28.6 Å². The van der Waals surface area contributed by atoms with Crippen molar-refractivity contribution in [3.8, 4) is 22.6 Å². The van der Waals surface area contributed by atoms with Crippen molar-refractivity contribution in [2.24, 2.45) is 0 Å². The monoisotopic (exact) mass is 741 g/mol. The van der Waals surface area contributed by atoms with Crippen LogP contribution in [0, 0.1) is 0 Å². The second kappa shape index (κ2) is 16.2. The predicted molar refractivity (Wildman–Crippen MR) is 206 cm³/mol. The molecule has 0 aliphatic heterocycles. The summed E-state index contributed by atoms with van der Waals surface area (Å²) in [7, 11) is 0.441. The van der Waals surface area contributed by atoms with E-state index in [0.29, 0.717) is 23.7 Å². The van der Waals surface area contributed by atoms with Crippen molar-refractivity contribution in [1.82, 2.24) is 5.32 Å². The van der Waals surface area contributed by atoms with E-state index in [2.05, 4.69) is 74.6 Å². The lowest BCUT2D eigenvalue weighted by Gasteiger charge is -2.43. The number of carboxylic acid groups (broad SMARTS) is 1. The molecule has 1 amide bonds. The Morgan fingerprint density at radius 1 is 0.745 bits per heavy atom. The number of hydrogen-bond acceptors (Lipinski definition) is 5. The molecule has 10 heteroatoms. The van der Waals surface area contributed by atoms with Crippen LogP contribution in [0.25, 0.3) is 11.1 Å². The van der Waals surface area contributed by atoms with Gasteiger partial charge in [0.15, 0.2) is 0 Å². The van der Waals surface area contributed by atoms with E-state index in [1.165, 1.54) is 22.5 Å². The first-order chi connectivity index (χ1) is 24.4. The molecule has 5 aromatic rings. The minimum absolute atomic E-state index is 0.0297. The third kappa shape index (κ3) is 8.15. The summed E-state index contributed by atoms with van der Waals surface area (Å²) in [5.41, 5.74) is 3.19. The van der Waals surface area contributed by atoms with Gasteiger partial charge in [-0.3, -0.25) is 4.79 Å². The summed E-state index contributed by atoms with van der Waals surface area (Å²) in [5, 5.41) is 14.9. The van der Waals surface area contributed by atoms with Crippen LogP contribution in [-0.4, -0.2) is 45.6 Å². The topological polar surface area (TPSA) is 94.1 Å². The van der Waals surface area contributed by atoms with Crippen molar-refractivity contribution >= 4 is 53.8 Å². The summed E-state index contributed by atoms with van der Waals surface area (Å²) in [5.74, 6) is -0.635. The molecule has 5 rings (SSSR count). The van der Waals surface area contributed by atoms with Gasteiger partial charge in [0.25, 0.3) is 14.2 Å². The van der Waals surface area contributed by atoms with Gasteiger partial charge in [-0.05, 0) is 56.4 Å². The molecule has 0 spiro atoms. The van der Waals surface area contributed by atoms with E-state index in [9.17, 15) is 14.7 Å². The van der Waals surface area contributed by atoms with Crippen molar-refractivity contribution in [2.45, 2.75) is 44.9 Å². The van der Waals surface area contributed by atoms with Crippen molar-refractivity contribution in [2.75, 3.05) is 14.2 Å². The van der Waals surface area contributed by atoms with Gasteiger partial charge in [0, 0.05) is 6.42 Å². The van der Waals surface area contributed by atoms with Crippen LogP contribution in [0.5, 0.6) is 11.5 Å². The standard InChI is InChI=1S/C41H41Cl2NO6Si/c1-41(2,3)51(30-13-8-6-9-14-30,31-15-10-7-11-16-31)50-26-28-24-35(48-4)37(36(25-28)49-5)29-21-19-27(20-22-29)23-34(40(46)47)44-39(45)38-32(42)17-12-18-33(38)43/h6-22,24-25,34H,23,26H2,1-5H3,(H,44,45)(H,46,47)/t34-/m0/s1. The van der Waals surface area contributed by atoms with E-state index < -0.39 is 26.2 Å². The van der Waals surface area contributed by atoms with Crippen LogP contribution >= 0.6 is 23.2 Å². The quantitative estimate of drug-likeness (QED) is 0.118. The fourth-order valence-corrected chi connectivity index (χ4v) is 11.6. The third-order valence-electron chi connectivity index (χ3n) is 8.91. The molecule has 2 N–H and O–H groups in total. The van der Waals surface area contributed by atoms with E-state index >= 15 is 0 Å². The van der Waals surface area contributed by atoms with Crippen LogP contribution in [0.1, 0.15) is 42.3 Å². The number of hydrogen-bond donors (Lipinski definition) is 2. The Kier molecular flexibility index (Phi) is 11.9. The zero-order chi connectivity index (χ0) is 36.8. The number of nitrogens with one attached hydrogen (secondary N) is 1. The minimum atomic E-state index is -2.79. The number of ether oxygens (including phenoxy) is 2. The number of rotatable bonds is 13. The van der Waals surface area contributed by atoms with Crippen molar-refractivity contribution in [3.05, 3.63) is 142 Å². The fourth-order valence-electron chi connectivity index (χ4n) is 6.48. The molecule has 0 aliphatic carbocycles. The summed E-state index contributed by atoms with van der Waals surface area (Å²) in [4.78, 5) is 25.1. The number of benzene rings is 5. The molecule has 0 aliphatic rings. The third-order valence-corrected chi connectivity index (χ3v) is 14.5. The van der Waals surface area contributed by atoms with E-state index in [1.54, 1.807) is 20.3 Å². The van der Waals surface area contributed by atoms with Crippen LogP contribution in [0.15, 0.2) is 115 Å². The van der Waals surface area contributed by atoms with E-state index in [4.69, 9.17) is 37.1 Å². The minimum Gasteiger partial charge on any atom is -0.496 e. The average molecular weight is 743 g/mol. The number of carbonyl (C=O) groups is 2. The second-order valence-corrected chi connectivity index (χ2v) is 18.3. The number of halogens is 2. The predicted octanol–water partition coefficient (Wildman–Crippen LogP) is 8.18. The maximum Gasteiger partial charge on any atom is 0.326 e. The molecule has 0 aromatic heterocycles. The van der Waals surface area contributed by atoms with Gasteiger partial charge in [-0.15, -0.1) is 0 Å². The molecule has 1 atom stereocenters. The lowest BCUT2D eigenvalue weighted by Crippen LogP contribution is -2.66. The van der Waals surface area contributed by atoms with Gasteiger partial charge >= 0.3 is 5.97 Å². The second-order valence-electron chi connectivity index (χ2n) is 13.2. The van der Waals surface area contributed by atoms with Crippen LogP contribution in [0.4, 0.5) is 0 Å². The Bertz CT molecular complexity index is 1900. The van der Waals surface area contributed by atoms with Crippen molar-refractivity contribution in [1.29, 1.82) is 0 Å². The highest BCUT2D eigenvalue weighted by Gasteiger charge is 2.50. The summed E-state index contributed by atoms with van der Waals surface area (Å²) < 4.78 is 19.0. The summed E-state index contributed by atoms with van der Waals surface area (Å²) in [6.45, 7) is 7.07. The summed E-state index contributed by atoms with van der Waals surface area (Å²) in [6, 6.07) is 35.8. The molecule has 7 nitrogen and oxygen atoms in total. The van der Waals surface area contributed by atoms with Gasteiger partial charge in [0.1, 0.15) is 17.5 Å². The molecule has 5 aromatic carbocycles. The highest BCUT2D eigenvalue weighted by molar-refractivity contribution is 6.99. The summed E-state index contributed by atoms with van der Waals surface area (Å²) >= 11 is 12.3. The zero-order valence-corrected chi connectivity index (χ0v) is 31.7. The molecule has 0 heterocycles. The Balaban J connectivity index is 1.42. The van der Waals surface area contributed by atoms with Crippen LogP contribution < -0.4 is 25.2 Å². The van der Waals surface area contributed by atoms with Gasteiger partial charge in [-0.2, -0.15) is 0 Å². The largest absolute Gasteiger partial charge is 0.496 e. The first kappa shape index (κ1) is 37.6. The van der Waals surface area contributed by atoms with Gasteiger partial charge in [-0.25, -0.2) is 4.79 Å². The van der Waals surface area contributed by atoms with Gasteiger partial charge in [0.05, 0.1) is 42.0 Å². The molecular formula is C41H41Cl2NO6Si. The van der Waals surface area contributed by atoms with Gasteiger partial charge < -0.3 is 24.3 Å². The molecule has 0 fully saturated rings. The highest BCUT2D eigenvalue weighted by atomic mass is 35.5. The smallest absolute Gasteiger partial charge is 0.326 e. The van der Waals surface area contributed by atoms with Crippen LogP contribution in [-0.2, 0) is 22.2 Å². The molecule has 0 bridgehead atoms. The lowest BCUT2D eigenvalue weighted by molar-refractivity contribution is -0.139. The number of methoxy groups -OCH3 is 2. The van der Waals surface area contributed by atoms with E-state index in [0.717, 1.165) is 16.7 Å². The van der Waals surface area contributed by atoms with Crippen LogP contribution in [0.2, 0.25) is 15.1 Å². The fraction of sp³-hybridized carbons (Fsp3) is 0.220. The molecular weight excluding hydrogens is 701 g/mol.